The van der Waals surface area contributed by atoms with Crippen LogP contribution in [0.4, 0.5) is 0 Å². The number of halogens is 1. The Morgan fingerprint density at radius 1 is 1.46 bits per heavy atom. The molecule has 1 fully saturated rings. The number of ether oxygens (including phenoxy) is 1. The molecule has 0 saturated heterocycles. The molecule has 7 nitrogen and oxygen atoms in total. The molecule has 1 N–H and O–H groups in total. The van der Waals surface area contributed by atoms with Gasteiger partial charge in [0.15, 0.2) is 4.47 Å². The lowest BCUT2D eigenvalue weighted by Crippen LogP contribution is -2.26. The van der Waals surface area contributed by atoms with Crippen LogP contribution >= 0.6 is 22.9 Å². The molecule has 0 amide bonds. The van der Waals surface area contributed by atoms with Gasteiger partial charge in [-0.2, -0.15) is 4.40 Å². The Bertz CT molecular complexity index is 1070. The van der Waals surface area contributed by atoms with E-state index in [0.29, 0.717) is 16.0 Å². The highest BCUT2D eigenvalue weighted by Crippen LogP contribution is 2.27. The molecule has 3 aromatic heterocycles. The maximum Gasteiger partial charge on any atom is 0.383 e. The zero-order valence-corrected chi connectivity index (χ0v) is 16.8. The third-order valence-corrected chi connectivity index (χ3v) is 6.14. The highest BCUT2D eigenvalue weighted by atomic mass is 35.5. The number of carbonyl (C=O) groups is 2. The first-order valence-corrected chi connectivity index (χ1v) is 10.2. The Morgan fingerprint density at radius 3 is 2.89 bits per heavy atom. The van der Waals surface area contributed by atoms with E-state index in [1.165, 1.54) is 15.7 Å². The molecular formula is C19H19ClN3O4S+. The van der Waals surface area contributed by atoms with E-state index in [-0.39, 0.29) is 24.7 Å². The number of ketones is 1. The van der Waals surface area contributed by atoms with Crippen LogP contribution in [0.3, 0.4) is 0 Å². The lowest BCUT2D eigenvalue weighted by molar-refractivity contribution is -0.521. The minimum Gasteiger partial charge on any atom is -0.474 e. The number of nitrogens with zero attached hydrogens (tertiary/aromatic N) is 3. The normalized spacial score (nSPS) is 14.2. The summed E-state index contributed by atoms with van der Waals surface area (Å²) in [6.45, 7) is 2.35. The van der Waals surface area contributed by atoms with Crippen LogP contribution in [0.2, 0.25) is 4.47 Å². The van der Waals surface area contributed by atoms with E-state index in [0.717, 1.165) is 29.7 Å². The van der Waals surface area contributed by atoms with E-state index < -0.39 is 11.8 Å². The molecular weight excluding hydrogens is 402 g/mol. The molecule has 146 valence electrons. The van der Waals surface area contributed by atoms with Gasteiger partial charge >= 0.3 is 17.6 Å². The monoisotopic (exact) mass is 420 g/mol. The van der Waals surface area contributed by atoms with Gasteiger partial charge in [-0.3, -0.25) is 4.79 Å². The summed E-state index contributed by atoms with van der Waals surface area (Å²) < 4.78 is 8.68. The van der Waals surface area contributed by atoms with Gasteiger partial charge in [-0.15, -0.1) is 11.3 Å². The lowest BCUT2D eigenvalue weighted by Gasteiger charge is -2.24. The van der Waals surface area contributed by atoms with Crippen molar-refractivity contribution in [2.24, 2.45) is 5.92 Å². The molecule has 28 heavy (non-hydrogen) atoms. The van der Waals surface area contributed by atoms with E-state index in [1.54, 1.807) is 23.0 Å². The van der Waals surface area contributed by atoms with Crippen LogP contribution in [0, 0.1) is 12.8 Å². The molecule has 0 aliphatic heterocycles. The summed E-state index contributed by atoms with van der Waals surface area (Å²) in [4.78, 5) is 30.1. The SMILES string of the molecule is Cc1ccc[n+]2c(O)c(C(=O)C(=O)OCC3CCC3)n(Cc3cnc(Cl)s3)c12. The van der Waals surface area contributed by atoms with E-state index in [4.69, 9.17) is 16.3 Å². The Balaban J connectivity index is 1.74. The second kappa shape index (κ2) is 7.52. The third-order valence-electron chi connectivity index (χ3n) is 5.04. The van der Waals surface area contributed by atoms with Gasteiger partial charge in [0.25, 0.3) is 11.3 Å². The van der Waals surface area contributed by atoms with Crippen LogP contribution in [-0.4, -0.2) is 33.0 Å². The summed E-state index contributed by atoms with van der Waals surface area (Å²) in [6.07, 6.45) is 6.40. The quantitative estimate of drug-likeness (QED) is 0.287. The number of esters is 1. The van der Waals surface area contributed by atoms with Crippen molar-refractivity contribution in [3.8, 4) is 5.88 Å². The van der Waals surface area contributed by atoms with Gasteiger partial charge in [0.2, 0.25) is 0 Å². The minimum absolute atomic E-state index is 0.0996. The average molecular weight is 421 g/mol. The number of aromatic hydroxyl groups is 1. The van der Waals surface area contributed by atoms with Crippen molar-refractivity contribution < 1.29 is 23.8 Å². The highest BCUT2D eigenvalue weighted by molar-refractivity contribution is 7.15. The maximum absolute atomic E-state index is 12.9. The van der Waals surface area contributed by atoms with Crippen LogP contribution in [0.1, 0.15) is 40.2 Å². The van der Waals surface area contributed by atoms with Gasteiger partial charge < -0.3 is 9.84 Å². The number of hydrogen-bond acceptors (Lipinski definition) is 6. The van der Waals surface area contributed by atoms with Crippen molar-refractivity contribution in [1.29, 1.82) is 0 Å². The third kappa shape index (κ3) is 3.38. The summed E-state index contributed by atoms with van der Waals surface area (Å²) in [6, 6.07) is 3.63. The predicted molar refractivity (Wildman–Crippen MR) is 103 cm³/mol. The number of imidazole rings is 1. The van der Waals surface area contributed by atoms with Gasteiger partial charge in [0.05, 0.1) is 17.7 Å². The Labute approximate surface area is 170 Å². The number of carbonyl (C=O) groups excluding carboxylic acids is 2. The maximum atomic E-state index is 12.9. The van der Waals surface area contributed by atoms with Crippen molar-refractivity contribution in [1.82, 2.24) is 9.55 Å². The predicted octanol–water partition coefficient (Wildman–Crippen LogP) is 2.93. The lowest BCUT2D eigenvalue weighted by atomic mass is 9.86. The summed E-state index contributed by atoms with van der Waals surface area (Å²) in [5, 5.41) is 10.7. The van der Waals surface area contributed by atoms with Crippen molar-refractivity contribution >= 4 is 40.3 Å². The molecule has 3 heterocycles. The van der Waals surface area contributed by atoms with Crippen LogP contribution in [0.5, 0.6) is 5.88 Å². The zero-order valence-electron chi connectivity index (χ0n) is 15.2. The zero-order chi connectivity index (χ0) is 19.8. The first-order chi connectivity index (χ1) is 13.5. The summed E-state index contributed by atoms with van der Waals surface area (Å²) in [5.41, 5.74) is 1.35. The fourth-order valence-electron chi connectivity index (χ4n) is 3.37. The minimum atomic E-state index is -0.952. The van der Waals surface area contributed by atoms with Crippen molar-refractivity contribution in [3.63, 3.8) is 0 Å². The molecule has 3 aromatic rings. The van der Waals surface area contributed by atoms with E-state index in [1.807, 2.05) is 13.0 Å². The van der Waals surface area contributed by atoms with Crippen LogP contribution in [0.25, 0.3) is 5.65 Å². The number of aromatic nitrogens is 3. The Kier molecular flexibility index (Phi) is 5.07. The molecule has 0 unspecified atom stereocenters. The van der Waals surface area contributed by atoms with E-state index >= 15 is 0 Å². The van der Waals surface area contributed by atoms with Crippen LogP contribution in [0.15, 0.2) is 24.5 Å². The van der Waals surface area contributed by atoms with Crippen LogP contribution < -0.4 is 4.40 Å². The fourth-order valence-corrected chi connectivity index (χ4v) is 4.34. The van der Waals surface area contributed by atoms with Gasteiger partial charge in [-0.05, 0) is 37.8 Å². The van der Waals surface area contributed by atoms with Crippen molar-refractivity contribution in [3.05, 3.63) is 45.1 Å². The van der Waals surface area contributed by atoms with E-state index in [9.17, 15) is 14.7 Å². The molecule has 0 spiro atoms. The Hall–Kier alpha value is -2.45. The first-order valence-electron chi connectivity index (χ1n) is 8.99. The van der Waals surface area contributed by atoms with Gasteiger partial charge in [-0.25, -0.2) is 14.3 Å². The first kappa shape index (κ1) is 18.9. The average Bonchev–Trinajstić information content (AvgIpc) is 3.15. The smallest absolute Gasteiger partial charge is 0.383 e. The second-order valence-electron chi connectivity index (χ2n) is 6.95. The Morgan fingerprint density at radius 2 is 2.25 bits per heavy atom. The molecule has 1 aliphatic carbocycles. The molecule has 1 saturated carbocycles. The standard InChI is InChI=1S/C19H18ClN3O4S/c1-11-4-3-7-22-16(11)23(9-13-8-21-19(20)28-13)14(17(22)25)15(24)18(26)27-10-12-5-2-6-12/h3-4,7-8,12H,2,5-6,9-10H2,1H3/p+1. The molecule has 9 heteroatoms. The molecule has 0 radical (unpaired) electrons. The summed E-state index contributed by atoms with van der Waals surface area (Å²) in [7, 11) is 0. The number of fused-ring (bicyclic) bond motifs is 1. The number of aryl methyl sites for hydroxylation is 1. The number of pyridine rings is 1. The topological polar surface area (TPSA) is 85.5 Å². The van der Waals surface area contributed by atoms with E-state index in [2.05, 4.69) is 4.98 Å². The van der Waals surface area contributed by atoms with Gasteiger partial charge in [-0.1, -0.05) is 18.0 Å². The number of Topliss-reactive ketones (excluding diaryl/α,β-unsaturated/α-hetero) is 1. The molecule has 1 aliphatic rings. The molecule has 4 rings (SSSR count). The highest BCUT2D eigenvalue weighted by Gasteiger charge is 2.37. The largest absolute Gasteiger partial charge is 0.474 e. The molecule has 0 aromatic carbocycles. The second-order valence-corrected chi connectivity index (χ2v) is 8.64. The van der Waals surface area contributed by atoms with Crippen LogP contribution in [-0.2, 0) is 16.1 Å². The molecule has 0 atom stereocenters. The number of rotatable bonds is 6. The van der Waals surface area contributed by atoms with Gasteiger partial charge in [0.1, 0.15) is 6.54 Å². The summed E-state index contributed by atoms with van der Waals surface area (Å²) in [5.74, 6) is -1.78. The van der Waals surface area contributed by atoms with Crippen molar-refractivity contribution in [2.75, 3.05) is 6.61 Å². The number of hydrogen-bond donors (Lipinski definition) is 1. The van der Waals surface area contributed by atoms with Crippen molar-refractivity contribution in [2.45, 2.75) is 32.7 Å². The molecule has 0 bridgehead atoms. The summed E-state index contributed by atoms with van der Waals surface area (Å²) >= 11 is 7.20. The number of thiazole rings is 1. The fraction of sp³-hybridized carbons (Fsp3) is 0.368. The van der Waals surface area contributed by atoms with Gasteiger partial charge in [0, 0.05) is 11.8 Å².